The van der Waals surface area contributed by atoms with Crippen molar-refractivity contribution in [2.75, 3.05) is 0 Å². The molecule has 1 aromatic rings. The third-order valence-corrected chi connectivity index (χ3v) is 3.52. The maximum absolute atomic E-state index is 10.5. The third-order valence-electron chi connectivity index (χ3n) is 3.52. The highest BCUT2D eigenvalue weighted by atomic mass is 16.5. The van der Waals surface area contributed by atoms with Gasteiger partial charge in [0.1, 0.15) is 11.9 Å². The average Bonchev–Trinajstić information content (AvgIpc) is 2.34. The van der Waals surface area contributed by atoms with Crippen LogP contribution in [0, 0.1) is 0 Å². The van der Waals surface area contributed by atoms with E-state index >= 15 is 0 Å². The van der Waals surface area contributed by atoms with Gasteiger partial charge in [0.25, 0.3) is 0 Å². The summed E-state index contributed by atoms with van der Waals surface area (Å²) in [4.78, 5) is 10.5. The Morgan fingerprint density at radius 2 is 1.72 bits per heavy atom. The molecule has 0 saturated heterocycles. The lowest BCUT2D eigenvalue weighted by atomic mass is 9.75. The van der Waals surface area contributed by atoms with Crippen LogP contribution in [0.5, 0.6) is 0 Å². The van der Waals surface area contributed by atoms with Crippen LogP contribution in [0.1, 0.15) is 35.2 Å². The highest BCUT2D eigenvalue weighted by Gasteiger charge is 2.47. The number of aliphatic hydroxyl groups is 4. The van der Waals surface area contributed by atoms with Gasteiger partial charge in [-0.25, -0.2) is 0 Å². The van der Waals surface area contributed by atoms with Crippen LogP contribution in [0.2, 0.25) is 0 Å². The summed E-state index contributed by atoms with van der Waals surface area (Å²) in [6.45, 7) is 0. The first kappa shape index (κ1) is 13.2. The summed E-state index contributed by atoms with van der Waals surface area (Å²) in [5, 5.41) is 39.2. The topological polar surface area (TPSA) is 98.0 Å². The Kier molecular flexibility index (Phi) is 3.25. The zero-order chi connectivity index (χ0) is 13.4. The van der Waals surface area contributed by atoms with E-state index in [1.165, 1.54) is 0 Å². The molecule has 0 aliphatic heterocycles. The van der Waals surface area contributed by atoms with Gasteiger partial charge in [0.15, 0.2) is 5.79 Å². The first-order valence-electron chi connectivity index (χ1n) is 5.78. The van der Waals surface area contributed by atoms with Gasteiger partial charge >= 0.3 is 0 Å². The van der Waals surface area contributed by atoms with Crippen molar-refractivity contribution in [3.8, 4) is 0 Å². The quantitative estimate of drug-likeness (QED) is 0.436. The minimum absolute atomic E-state index is 0.0179. The van der Waals surface area contributed by atoms with Gasteiger partial charge in [-0.3, -0.25) is 4.79 Å². The van der Waals surface area contributed by atoms with Crippen molar-refractivity contribution in [2.45, 2.75) is 36.8 Å². The molecular weight excluding hydrogens is 236 g/mol. The number of carbonyl (C=O) groups excluding carboxylic acids is 1. The Labute approximate surface area is 104 Å². The summed E-state index contributed by atoms with van der Waals surface area (Å²) < 4.78 is 0. The van der Waals surface area contributed by atoms with Crippen molar-refractivity contribution < 1.29 is 25.2 Å². The highest BCUT2D eigenvalue weighted by molar-refractivity contribution is 5.74. The van der Waals surface area contributed by atoms with Crippen molar-refractivity contribution >= 4 is 6.29 Å². The van der Waals surface area contributed by atoms with Crippen molar-refractivity contribution in [2.24, 2.45) is 0 Å². The molecule has 1 saturated carbocycles. The maximum atomic E-state index is 10.5. The van der Waals surface area contributed by atoms with Gasteiger partial charge in [0, 0.05) is 18.4 Å². The van der Waals surface area contributed by atoms with E-state index in [9.17, 15) is 25.2 Å². The van der Waals surface area contributed by atoms with Gasteiger partial charge in [0.2, 0.25) is 0 Å². The smallest absolute Gasteiger partial charge is 0.165 e. The monoisotopic (exact) mass is 252 g/mol. The van der Waals surface area contributed by atoms with Crippen molar-refractivity contribution in [3.63, 3.8) is 0 Å². The van der Waals surface area contributed by atoms with E-state index in [1.54, 1.807) is 24.3 Å². The number of hydrogen-bond acceptors (Lipinski definition) is 5. The van der Waals surface area contributed by atoms with Crippen LogP contribution >= 0.6 is 0 Å². The number of aliphatic hydroxyl groups excluding tert-OH is 1. The van der Waals surface area contributed by atoms with E-state index in [-0.39, 0.29) is 19.3 Å². The molecule has 0 aromatic heterocycles. The Balaban J connectivity index is 2.27. The zero-order valence-electron chi connectivity index (χ0n) is 9.78. The van der Waals surface area contributed by atoms with E-state index in [0.717, 1.165) is 0 Å². The molecule has 4 N–H and O–H groups in total. The van der Waals surface area contributed by atoms with Crippen molar-refractivity contribution in [3.05, 3.63) is 35.4 Å². The van der Waals surface area contributed by atoms with Crippen LogP contribution in [0.4, 0.5) is 0 Å². The second-order valence-electron chi connectivity index (χ2n) is 4.87. The van der Waals surface area contributed by atoms with Gasteiger partial charge in [-0.2, -0.15) is 0 Å². The number of aldehydes is 1. The van der Waals surface area contributed by atoms with Crippen LogP contribution in [0.15, 0.2) is 24.3 Å². The molecule has 2 rings (SSSR count). The fraction of sp³-hybridized carbons (Fsp3) is 0.462. The molecule has 1 aromatic carbocycles. The molecule has 0 amide bonds. The third kappa shape index (κ3) is 2.30. The van der Waals surface area contributed by atoms with Crippen LogP contribution < -0.4 is 0 Å². The Morgan fingerprint density at radius 3 is 2.22 bits per heavy atom. The molecule has 1 aliphatic carbocycles. The van der Waals surface area contributed by atoms with E-state index in [2.05, 4.69) is 0 Å². The molecule has 18 heavy (non-hydrogen) atoms. The number of benzene rings is 1. The van der Waals surface area contributed by atoms with Crippen LogP contribution in [0.25, 0.3) is 0 Å². The van der Waals surface area contributed by atoms with E-state index in [1.807, 2.05) is 0 Å². The SMILES string of the molecule is O=Cc1ccc(C2(O)CCC(O)(O)CC2O)cc1. The lowest BCUT2D eigenvalue weighted by Gasteiger charge is -2.42. The highest BCUT2D eigenvalue weighted by Crippen LogP contribution is 2.40. The number of carbonyl (C=O) groups is 1. The van der Waals surface area contributed by atoms with Crippen LogP contribution in [-0.4, -0.2) is 38.6 Å². The average molecular weight is 252 g/mol. The van der Waals surface area contributed by atoms with Crippen molar-refractivity contribution in [1.82, 2.24) is 0 Å². The zero-order valence-corrected chi connectivity index (χ0v) is 9.78. The normalized spacial score (nSPS) is 31.0. The largest absolute Gasteiger partial charge is 0.390 e. The number of hydrogen-bond donors (Lipinski definition) is 4. The molecule has 2 atom stereocenters. The summed E-state index contributed by atoms with van der Waals surface area (Å²) in [5.41, 5.74) is -0.557. The molecule has 1 fully saturated rings. The summed E-state index contributed by atoms with van der Waals surface area (Å²) in [6, 6.07) is 6.23. The number of rotatable bonds is 2. The summed E-state index contributed by atoms with van der Waals surface area (Å²) in [7, 11) is 0. The fourth-order valence-corrected chi connectivity index (χ4v) is 2.32. The van der Waals surface area contributed by atoms with E-state index in [4.69, 9.17) is 0 Å². The van der Waals surface area contributed by atoms with Gasteiger partial charge in [-0.05, 0) is 12.0 Å². The van der Waals surface area contributed by atoms with Gasteiger partial charge in [-0.15, -0.1) is 0 Å². The first-order valence-corrected chi connectivity index (χ1v) is 5.78. The lowest BCUT2D eigenvalue weighted by molar-refractivity contribution is -0.243. The lowest BCUT2D eigenvalue weighted by Crippen LogP contribution is -2.51. The van der Waals surface area contributed by atoms with Crippen LogP contribution in [-0.2, 0) is 5.60 Å². The summed E-state index contributed by atoms with van der Waals surface area (Å²) in [5.74, 6) is -1.94. The summed E-state index contributed by atoms with van der Waals surface area (Å²) >= 11 is 0. The van der Waals surface area contributed by atoms with Crippen molar-refractivity contribution in [1.29, 1.82) is 0 Å². The Morgan fingerprint density at radius 1 is 1.11 bits per heavy atom. The molecule has 0 radical (unpaired) electrons. The minimum Gasteiger partial charge on any atom is -0.390 e. The second kappa shape index (κ2) is 4.44. The molecule has 98 valence electrons. The van der Waals surface area contributed by atoms with E-state index < -0.39 is 17.5 Å². The van der Waals surface area contributed by atoms with E-state index in [0.29, 0.717) is 17.4 Å². The van der Waals surface area contributed by atoms with Gasteiger partial charge < -0.3 is 20.4 Å². The molecular formula is C13H16O5. The predicted molar refractivity (Wildman–Crippen MR) is 62.8 cm³/mol. The minimum atomic E-state index is -1.94. The Hall–Kier alpha value is -1.27. The second-order valence-corrected chi connectivity index (χ2v) is 4.87. The van der Waals surface area contributed by atoms with Gasteiger partial charge in [-0.1, -0.05) is 24.3 Å². The molecule has 1 aliphatic rings. The molecule has 0 spiro atoms. The molecule has 2 unspecified atom stereocenters. The molecule has 5 heteroatoms. The molecule has 0 heterocycles. The standard InChI is InChI=1S/C13H16O5/c14-8-9-1-3-10(4-2-9)13(18)6-5-12(16,17)7-11(13)15/h1-4,8,11,15-18H,5-7H2. The fourth-order valence-electron chi connectivity index (χ4n) is 2.32. The first-order chi connectivity index (χ1) is 8.37. The van der Waals surface area contributed by atoms with Crippen LogP contribution in [0.3, 0.4) is 0 Å². The molecule has 5 nitrogen and oxygen atoms in total. The maximum Gasteiger partial charge on any atom is 0.165 e. The summed E-state index contributed by atoms with van der Waals surface area (Å²) in [6.07, 6.45) is -0.850. The van der Waals surface area contributed by atoms with Gasteiger partial charge in [0.05, 0.1) is 6.10 Å². The predicted octanol–water partition coefficient (Wildman–Crippen LogP) is -0.0876. The molecule has 0 bridgehead atoms. The Bertz CT molecular complexity index is 439.